The molecule has 0 amide bonds. The molecule has 2 rings (SSSR count). The van der Waals surface area contributed by atoms with E-state index in [1.165, 1.54) is 0 Å². The molecule has 2 aromatic carbocycles. The Morgan fingerprint density at radius 2 is 1.33 bits per heavy atom. The van der Waals surface area contributed by atoms with Crippen LogP contribution in [-0.4, -0.2) is 36.5 Å². The Balaban J connectivity index is 0.000000351. The Bertz CT molecular complexity index is 675. The standard InChI is InChI=1S/C14H12O2S.6FH.Sb/c1-17-13-9-7-12(8-10-13)16-14(15)11-5-3-2-4-6-11;;;;;;;/h2-10H,1H3;6*1H;/q;;;;;;;+5/p-5. The SMILES string of the molecule is CSc1ccc(OC(=[OH+])c2ccccc2)cc1.[F][Sb-]([F])([F])([F])([F])[F]. The van der Waals surface area contributed by atoms with Crippen molar-refractivity contribution >= 4 is 37.2 Å². The third-order valence-corrected chi connectivity index (χ3v) is 3.04. The summed E-state index contributed by atoms with van der Waals surface area (Å²) in [7, 11) is 0. The summed E-state index contributed by atoms with van der Waals surface area (Å²) in [5.41, 5.74) is 0.668. The topological polar surface area (TPSA) is 30.6 Å². The van der Waals surface area contributed by atoms with Crippen LogP contribution in [0.5, 0.6) is 5.75 Å². The van der Waals surface area contributed by atoms with Gasteiger partial charge in [-0.1, -0.05) is 18.2 Å². The fourth-order valence-corrected chi connectivity index (χ4v) is 1.80. The monoisotopic (exact) mass is 480 g/mol. The van der Waals surface area contributed by atoms with Crippen molar-refractivity contribution in [2.24, 2.45) is 0 Å². The van der Waals surface area contributed by atoms with E-state index in [1.54, 1.807) is 23.9 Å². The average Bonchev–Trinajstić information content (AvgIpc) is 2.46. The first-order chi connectivity index (χ1) is 10.7. The Kier molecular flexibility index (Phi) is 5.93. The fourth-order valence-electron chi connectivity index (χ4n) is 1.40. The quantitative estimate of drug-likeness (QED) is 0.145. The van der Waals surface area contributed by atoms with Crippen molar-refractivity contribution in [2.45, 2.75) is 4.90 Å². The van der Waals surface area contributed by atoms with Crippen molar-refractivity contribution in [2.75, 3.05) is 6.26 Å². The second-order valence-corrected chi connectivity index (χ2v) is 10.8. The van der Waals surface area contributed by atoms with Crippen molar-refractivity contribution < 1.29 is 26.4 Å². The van der Waals surface area contributed by atoms with Crippen molar-refractivity contribution in [1.82, 2.24) is 0 Å². The summed E-state index contributed by atoms with van der Waals surface area (Å²) in [4.78, 5) is 11.0. The van der Waals surface area contributed by atoms with E-state index in [4.69, 9.17) is 4.74 Å². The van der Waals surface area contributed by atoms with Gasteiger partial charge in [0.2, 0.25) is 5.75 Å². The average molecular weight is 481 g/mol. The van der Waals surface area contributed by atoms with Gasteiger partial charge >= 0.3 is 42.3 Å². The van der Waals surface area contributed by atoms with Crippen LogP contribution in [0.4, 0.5) is 16.9 Å². The van der Waals surface area contributed by atoms with E-state index < -0.39 is 19.5 Å². The third-order valence-electron chi connectivity index (χ3n) is 2.29. The molecule has 0 radical (unpaired) electrons. The van der Waals surface area contributed by atoms with Crippen LogP contribution < -0.4 is 4.74 Å². The zero-order valence-electron chi connectivity index (χ0n) is 12.2. The predicted molar refractivity (Wildman–Crippen MR) is 83.7 cm³/mol. The zero-order chi connectivity index (χ0) is 18.5. The molecule has 24 heavy (non-hydrogen) atoms. The van der Waals surface area contributed by atoms with Crippen LogP contribution in [0.15, 0.2) is 59.5 Å². The first-order valence-electron chi connectivity index (χ1n) is 6.24. The number of ether oxygens (including phenoxy) is 1. The van der Waals surface area contributed by atoms with E-state index in [1.807, 2.05) is 48.7 Å². The summed E-state index contributed by atoms with van der Waals surface area (Å²) in [5.74, 6) is 0.548. The minimum atomic E-state index is -11.2. The number of benzene rings is 2. The van der Waals surface area contributed by atoms with Crippen LogP contribution in [0.25, 0.3) is 0 Å². The van der Waals surface area contributed by atoms with Gasteiger partial charge in [-0.05, 0) is 30.5 Å². The molecule has 134 valence electrons. The molecule has 0 saturated carbocycles. The van der Waals surface area contributed by atoms with E-state index in [9.17, 15) is 21.7 Å². The molecule has 0 atom stereocenters. The van der Waals surface area contributed by atoms with Crippen molar-refractivity contribution in [3.05, 3.63) is 60.2 Å². The van der Waals surface area contributed by atoms with Gasteiger partial charge in [0.05, 0.1) is 0 Å². The van der Waals surface area contributed by atoms with Crippen LogP contribution in [0.3, 0.4) is 0 Å². The summed E-state index contributed by atoms with van der Waals surface area (Å²) >= 11 is -9.58. The van der Waals surface area contributed by atoms with Crippen LogP contribution in [-0.2, 0) is 0 Å². The molecule has 0 unspecified atom stereocenters. The van der Waals surface area contributed by atoms with E-state index in [0.717, 1.165) is 4.90 Å². The zero-order valence-corrected chi connectivity index (χ0v) is 15.5. The van der Waals surface area contributed by atoms with E-state index >= 15 is 0 Å². The summed E-state index contributed by atoms with van der Waals surface area (Å²) in [6, 6.07) is 16.8. The molecule has 2 aromatic rings. The van der Waals surface area contributed by atoms with Gasteiger partial charge in [-0.25, -0.2) is 0 Å². The molecule has 0 fully saturated rings. The predicted octanol–water partition coefficient (Wildman–Crippen LogP) is 5.48. The van der Waals surface area contributed by atoms with Crippen LogP contribution in [0.2, 0.25) is 0 Å². The maximum absolute atomic E-state index is 11.2. The van der Waals surface area contributed by atoms with E-state index in [0.29, 0.717) is 11.3 Å². The van der Waals surface area contributed by atoms with Gasteiger partial charge in [0.1, 0.15) is 5.56 Å². The fraction of sp³-hybridized carbons (Fsp3) is 0.0714. The number of halogens is 6. The minimum absolute atomic E-state index is 0.0810. The van der Waals surface area contributed by atoms with Crippen LogP contribution >= 0.6 is 11.8 Å². The van der Waals surface area contributed by atoms with Gasteiger partial charge in [0, 0.05) is 17.0 Å². The molecule has 0 aliphatic carbocycles. The van der Waals surface area contributed by atoms with Gasteiger partial charge in [0.15, 0.2) is 0 Å². The Morgan fingerprint density at radius 1 is 0.875 bits per heavy atom. The molecule has 0 aliphatic rings. The molecule has 0 saturated heterocycles. The van der Waals surface area contributed by atoms with Gasteiger partial charge < -0.3 is 4.79 Å². The molecule has 0 bridgehead atoms. The van der Waals surface area contributed by atoms with Gasteiger partial charge in [-0.15, -0.1) is 11.8 Å². The summed E-state index contributed by atoms with van der Waals surface area (Å²) < 4.78 is 64.9. The van der Waals surface area contributed by atoms with Gasteiger partial charge in [0.25, 0.3) is 0 Å². The number of carbonyl (C=O) groups excluding carboxylic acids is 1. The maximum atomic E-state index is 9.93. The molecule has 1 N–H and O–H groups in total. The van der Waals surface area contributed by atoms with Crippen LogP contribution in [0.1, 0.15) is 5.56 Å². The van der Waals surface area contributed by atoms with Crippen molar-refractivity contribution in [3.63, 3.8) is 0 Å². The number of thioether (sulfide) groups is 1. The molecular weight excluding hydrogens is 468 g/mol. The van der Waals surface area contributed by atoms with Gasteiger partial charge in [-0.3, -0.25) is 4.74 Å². The summed E-state index contributed by atoms with van der Waals surface area (Å²) in [5, 5.41) is 0. The third kappa shape index (κ3) is 11.2. The number of hydrogen-bond acceptors (Lipinski definition) is 2. The summed E-state index contributed by atoms with van der Waals surface area (Å²) in [6.45, 7) is 0. The second-order valence-electron chi connectivity index (χ2n) is 4.41. The molecular formula is C14H13F6O2SSb. The number of hydrogen-bond donors (Lipinski definition) is 0. The normalized spacial score (nSPS) is 13.8. The molecule has 0 aromatic heterocycles. The first-order valence-corrected chi connectivity index (χ1v) is 13.3. The molecule has 0 heterocycles. The molecule has 0 aliphatic heterocycles. The Morgan fingerprint density at radius 3 is 1.75 bits per heavy atom. The number of esters is 1. The molecule has 2 nitrogen and oxygen atoms in total. The Labute approximate surface area is 140 Å². The van der Waals surface area contributed by atoms with Crippen molar-refractivity contribution in [3.8, 4) is 5.75 Å². The molecule has 0 spiro atoms. The van der Waals surface area contributed by atoms with Gasteiger partial charge in [-0.2, -0.15) is 0 Å². The van der Waals surface area contributed by atoms with Crippen LogP contribution in [0, 0.1) is 0 Å². The first kappa shape index (κ1) is 20.7. The molecule has 10 heteroatoms. The number of rotatable bonds is 3. The van der Waals surface area contributed by atoms with Crippen molar-refractivity contribution in [1.29, 1.82) is 0 Å². The second kappa shape index (κ2) is 6.88. The summed E-state index contributed by atoms with van der Waals surface area (Å²) in [6.07, 6.45) is 2.02. The Hall–Kier alpha value is -1.34. The van der Waals surface area contributed by atoms with E-state index in [-0.39, 0.29) is 5.97 Å². The van der Waals surface area contributed by atoms with E-state index in [2.05, 4.69) is 0 Å².